The van der Waals surface area contributed by atoms with Crippen LogP contribution in [-0.4, -0.2) is 112 Å². The number of imide groups is 1. The Morgan fingerprint density at radius 3 is 2.45 bits per heavy atom. The van der Waals surface area contributed by atoms with Crippen LogP contribution >= 0.6 is 0 Å². The molecular weight excluding hydrogens is 865 g/mol. The highest BCUT2D eigenvalue weighted by molar-refractivity contribution is 7.90. The molecule has 2 aromatic heterocycles. The summed E-state index contributed by atoms with van der Waals surface area (Å²) in [4.78, 5) is 59.2. The maximum absolute atomic E-state index is 15.1. The fourth-order valence-corrected chi connectivity index (χ4v) is 9.32. The molecule has 21 heteroatoms. The van der Waals surface area contributed by atoms with Gasteiger partial charge in [-0.1, -0.05) is 13.0 Å². The summed E-state index contributed by atoms with van der Waals surface area (Å²) in [7, 11) is -2.69. The number of nitrogens with zero attached hydrogens (tertiary/aromatic N) is 8. The van der Waals surface area contributed by atoms with E-state index in [-0.39, 0.29) is 71.4 Å². The van der Waals surface area contributed by atoms with E-state index in [0.717, 1.165) is 34.8 Å². The van der Waals surface area contributed by atoms with Gasteiger partial charge < -0.3 is 15.0 Å². The minimum atomic E-state index is -4.04. The monoisotopic (exact) mass is 911 g/mol. The fourth-order valence-electron chi connectivity index (χ4n) is 8.38. The van der Waals surface area contributed by atoms with Crippen molar-refractivity contribution in [3.8, 4) is 23.3 Å². The van der Waals surface area contributed by atoms with Gasteiger partial charge in [0.1, 0.15) is 35.6 Å². The van der Waals surface area contributed by atoms with Crippen molar-refractivity contribution in [1.82, 2.24) is 38.8 Å². The van der Waals surface area contributed by atoms with E-state index >= 15 is 8.78 Å². The molecule has 3 aromatic carbocycles. The number of piperidine rings is 3. The fraction of sp³-hybridized carbons (Fsp3) is 0.386. The SMILES string of the molecule is CCN(C)S(=O)(=O)Nc1ccc(F)c(Oc2ccc3ncn(-c4cnn(C5CCN(C(=O)CN6CCC(c7ccc(NC8CCC(=O)NC8=O)c(F)c7)CC6)CC5)c4)c(=O)c3c2)c1C#N. The van der Waals surface area contributed by atoms with Gasteiger partial charge in [-0.3, -0.25) is 43.4 Å². The van der Waals surface area contributed by atoms with Crippen molar-refractivity contribution in [3.05, 3.63) is 100 Å². The highest BCUT2D eigenvalue weighted by atomic mass is 32.2. The van der Waals surface area contributed by atoms with Crippen molar-refractivity contribution in [2.75, 3.05) is 56.4 Å². The van der Waals surface area contributed by atoms with Crippen LogP contribution in [0.5, 0.6) is 11.5 Å². The van der Waals surface area contributed by atoms with Crippen LogP contribution in [0.25, 0.3) is 16.6 Å². The summed E-state index contributed by atoms with van der Waals surface area (Å²) in [5.74, 6) is -2.50. The maximum atomic E-state index is 15.1. The van der Waals surface area contributed by atoms with Gasteiger partial charge in [0, 0.05) is 39.3 Å². The highest BCUT2D eigenvalue weighted by Crippen LogP contribution is 2.35. The highest BCUT2D eigenvalue weighted by Gasteiger charge is 2.30. The quantitative estimate of drug-likeness (QED) is 0.140. The van der Waals surface area contributed by atoms with Crippen LogP contribution in [0, 0.1) is 23.0 Å². The van der Waals surface area contributed by atoms with Crippen molar-refractivity contribution in [3.63, 3.8) is 0 Å². The van der Waals surface area contributed by atoms with Crippen molar-refractivity contribution in [2.24, 2.45) is 0 Å². The van der Waals surface area contributed by atoms with E-state index < -0.39 is 45.1 Å². The van der Waals surface area contributed by atoms with E-state index in [4.69, 9.17) is 4.74 Å². The number of amides is 3. The van der Waals surface area contributed by atoms with Gasteiger partial charge in [-0.15, -0.1) is 0 Å². The number of hydrogen-bond donors (Lipinski definition) is 3. The second kappa shape index (κ2) is 18.8. The second-order valence-corrected chi connectivity index (χ2v) is 18.1. The maximum Gasteiger partial charge on any atom is 0.301 e. The molecule has 3 aliphatic rings. The van der Waals surface area contributed by atoms with E-state index in [1.54, 1.807) is 30.1 Å². The summed E-state index contributed by atoms with van der Waals surface area (Å²) < 4.78 is 67.7. The number of benzene rings is 3. The average Bonchev–Trinajstić information content (AvgIpc) is 3.79. The Bertz CT molecular complexity index is 2870. The molecule has 8 rings (SSSR count). The minimum absolute atomic E-state index is 0.0126. The molecule has 340 valence electrons. The van der Waals surface area contributed by atoms with Crippen LogP contribution in [0.2, 0.25) is 0 Å². The Morgan fingerprint density at radius 2 is 1.74 bits per heavy atom. The smallest absolute Gasteiger partial charge is 0.301 e. The van der Waals surface area contributed by atoms with Gasteiger partial charge in [-0.25, -0.2) is 13.8 Å². The third-order valence-corrected chi connectivity index (χ3v) is 13.9. The van der Waals surface area contributed by atoms with E-state index in [1.807, 2.05) is 17.0 Å². The molecule has 3 saturated heterocycles. The first-order valence-electron chi connectivity index (χ1n) is 21.3. The molecule has 5 aromatic rings. The lowest BCUT2D eigenvalue weighted by Gasteiger charge is -2.36. The topological polar surface area (TPSA) is 217 Å². The first-order valence-corrected chi connectivity index (χ1v) is 22.8. The van der Waals surface area contributed by atoms with Gasteiger partial charge in [0.05, 0.1) is 46.7 Å². The van der Waals surface area contributed by atoms with Gasteiger partial charge in [0.15, 0.2) is 11.6 Å². The molecule has 0 radical (unpaired) electrons. The number of carbonyl (C=O) groups excluding carboxylic acids is 3. The van der Waals surface area contributed by atoms with Gasteiger partial charge in [-0.2, -0.15) is 23.1 Å². The number of nitrogens with one attached hydrogen (secondary N) is 3. The number of anilines is 2. The molecule has 65 heavy (non-hydrogen) atoms. The number of likely N-dealkylation sites (tertiary alicyclic amines) is 2. The molecule has 1 atom stereocenters. The number of rotatable bonds is 13. The van der Waals surface area contributed by atoms with Gasteiger partial charge in [0.25, 0.3) is 5.56 Å². The van der Waals surface area contributed by atoms with Crippen molar-refractivity contribution in [2.45, 2.75) is 63.5 Å². The molecule has 0 saturated carbocycles. The van der Waals surface area contributed by atoms with E-state index in [2.05, 4.69) is 30.3 Å². The predicted octanol–water partition coefficient (Wildman–Crippen LogP) is 4.39. The first-order chi connectivity index (χ1) is 31.2. The zero-order valence-corrected chi connectivity index (χ0v) is 36.5. The first kappa shape index (κ1) is 44.8. The van der Waals surface area contributed by atoms with Crippen molar-refractivity contribution >= 4 is 50.2 Å². The van der Waals surface area contributed by atoms with E-state index in [1.165, 1.54) is 42.2 Å². The largest absolute Gasteiger partial charge is 0.453 e. The normalized spacial score (nSPS) is 17.8. The summed E-state index contributed by atoms with van der Waals surface area (Å²) >= 11 is 0. The number of carbonyl (C=O) groups is 3. The number of halogens is 2. The Labute approximate surface area is 372 Å². The second-order valence-electron chi connectivity index (χ2n) is 16.4. The standard InChI is InChI=1S/C44H47F2N11O7S/c1-3-53(2)65(62,63)52-37-9-6-34(45)42(33(37)22-47)64-31-5-8-36-32(21-31)44(61)56(26-48-36)30-23-49-57(24-30)29-14-18-55(19-15-29)41(59)25-54-16-12-27(13-17-54)28-4-7-38(35(46)20-28)50-39-10-11-40(58)51-43(39)60/h4-9,20-21,23-24,26-27,29,39,50,52H,3,10-19,25H2,1-2H3,(H,51,58,60). The minimum Gasteiger partial charge on any atom is -0.453 e. The third-order valence-electron chi connectivity index (χ3n) is 12.3. The summed E-state index contributed by atoms with van der Waals surface area (Å²) in [6.07, 6.45) is 8.01. The number of fused-ring (bicyclic) bond motifs is 1. The number of hydrogen-bond acceptors (Lipinski definition) is 12. The Balaban J connectivity index is 0.852. The van der Waals surface area contributed by atoms with Crippen LogP contribution in [0.3, 0.4) is 0 Å². The summed E-state index contributed by atoms with van der Waals surface area (Å²) in [6, 6.07) is 12.6. The number of aromatic nitrogens is 4. The number of ether oxygens (including phenoxy) is 1. The van der Waals surface area contributed by atoms with Crippen molar-refractivity contribution in [1.29, 1.82) is 5.26 Å². The molecule has 1 unspecified atom stereocenters. The molecule has 18 nitrogen and oxygen atoms in total. The molecule has 0 aliphatic carbocycles. The molecule has 3 aliphatic heterocycles. The van der Waals surface area contributed by atoms with Gasteiger partial charge in [0.2, 0.25) is 17.7 Å². The Kier molecular flexibility index (Phi) is 12.9. The molecular formula is C44H47F2N11O7S. The molecule has 0 spiro atoms. The van der Waals surface area contributed by atoms with Gasteiger partial charge in [-0.05, 0) is 99.1 Å². The zero-order valence-electron chi connectivity index (χ0n) is 35.7. The van der Waals surface area contributed by atoms with Crippen LogP contribution in [0.4, 0.5) is 20.2 Å². The van der Waals surface area contributed by atoms with E-state index in [9.17, 15) is 32.9 Å². The molecule has 3 fully saturated rings. The van der Waals surface area contributed by atoms with Crippen LogP contribution in [0.15, 0.2) is 72.0 Å². The lowest BCUT2D eigenvalue weighted by molar-refractivity contribution is -0.135. The van der Waals surface area contributed by atoms with Crippen LogP contribution in [-0.2, 0) is 24.6 Å². The van der Waals surface area contributed by atoms with E-state index in [0.29, 0.717) is 56.6 Å². The molecule has 5 heterocycles. The summed E-state index contributed by atoms with van der Waals surface area (Å²) in [5.41, 5.74) is 0.848. The predicted molar refractivity (Wildman–Crippen MR) is 235 cm³/mol. The Hall–Kier alpha value is -6.76. The van der Waals surface area contributed by atoms with Gasteiger partial charge >= 0.3 is 10.2 Å². The summed E-state index contributed by atoms with van der Waals surface area (Å²) in [6.45, 7) is 4.52. The molecule has 3 N–H and O–H groups in total. The lowest BCUT2D eigenvalue weighted by atomic mass is 9.89. The summed E-state index contributed by atoms with van der Waals surface area (Å²) in [5, 5.41) is 19.8. The number of nitriles is 1. The molecule has 0 bridgehead atoms. The third kappa shape index (κ3) is 9.69. The lowest BCUT2D eigenvalue weighted by Crippen LogP contribution is -2.47. The van der Waals surface area contributed by atoms with Crippen LogP contribution in [0.1, 0.15) is 68.5 Å². The van der Waals surface area contributed by atoms with Crippen molar-refractivity contribution < 1.29 is 36.3 Å². The van der Waals surface area contributed by atoms with Crippen LogP contribution < -0.4 is 25.7 Å². The zero-order chi connectivity index (χ0) is 46.0. The Morgan fingerprint density at radius 1 is 0.985 bits per heavy atom. The average molecular weight is 912 g/mol. The molecule has 3 amide bonds.